The summed E-state index contributed by atoms with van der Waals surface area (Å²) in [7, 11) is 0. The highest BCUT2D eigenvalue weighted by Crippen LogP contribution is 2.19. The van der Waals surface area contributed by atoms with Gasteiger partial charge < -0.3 is 10.2 Å². The number of para-hydroxylation sites is 1. The fourth-order valence-corrected chi connectivity index (χ4v) is 2.45. The number of nitrogens with zero attached hydrogens (tertiary/aromatic N) is 2. The third-order valence-electron chi connectivity index (χ3n) is 3.60. The molecule has 1 saturated heterocycles. The molecule has 0 aliphatic carbocycles. The van der Waals surface area contributed by atoms with E-state index < -0.39 is 0 Å². The molecule has 3 rings (SSSR count). The standard InChI is InChI=1S/C14H18N4O/c1-2-7-18(10-8-15-9-10)14(19)13-11-5-3-4-6-12(11)16-17-13/h3-6,10,15H,2,7-9H2,1H3,(H,16,17). The highest BCUT2D eigenvalue weighted by atomic mass is 16.2. The van der Waals surface area contributed by atoms with Crippen LogP contribution in [-0.4, -0.2) is 46.7 Å². The van der Waals surface area contributed by atoms with E-state index in [1.54, 1.807) is 0 Å². The number of fused-ring (bicyclic) bond motifs is 1. The molecule has 1 aromatic heterocycles. The SMILES string of the molecule is CCCN(C(=O)c1n[nH]c2ccccc12)C1CNC1. The lowest BCUT2D eigenvalue weighted by Gasteiger charge is -2.37. The molecule has 2 aromatic rings. The molecule has 1 amide bonds. The first kappa shape index (κ1) is 12.2. The Hall–Kier alpha value is -1.88. The fourth-order valence-electron chi connectivity index (χ4n) is 2.45. The zero-order valence-corrected chi connectivity index (χ0v) is 11.0. The molecule has 0 spiro atoms. The Kier molecular flexibility index (Phi) is 3.21. The van der Waals surface area contributed by atoms with Crippen LogP contribution in [0.15, 0.2) is 24.3 Å². The molecule has 1 aliphatic rings. The van der Waals surface area contributed by atoms with E-state index in [0.29, 0.717) is 11.7 Å². The van der Waals surface area contributed by atoms with Crippen molar-refractivity contribution in [3.05, 3.63) is 30.0 Å². The van der Waals surface area contributed by atoms with Gasteiger partial charge in [0.1, 0.15) is 0 Å². The fraction of sp³-hybridized carbons (Fsp3) is 0.429. The van der Waals surface area contributed by atoms with Gasteiger partial charge in [-0.3, -0.25) is 9.89 Å². The predicted octanol–water partition coefficient (Wildman–Crippen LogP) is 1.39. The molecular weight excluding hydrogens is 240 g/mol. The summed E-state index contributed by atoms with van der Waals surface area (Å²) in [6.07, 6.45) is 0.963. The van der Waals surface area contributed by atoms with Crippen molar-refractivity contribution in [3.63, 3.8) is 0 Å². The van der Waals surface area contributed by atoms with Crippen molar-refractivity contribution in [3.8, 4) is 0 Å². The van der Waals surface area contributed by atoms with Crippen LogP contribution in [-0.2, 0) is 0 Å². The Morgan fingerprint density at radius 3 is 2.89 bits per heavy atom. The molecule has 0 bridgehead atoms. The summed E-state index contributed by atoms with van der Waals surface area (Å²) in [5.41, 5.74) is 1.45. The second kappa shape index (κ2) is 5.01. The Morgan fingerprint density at radius 1 is 1.42 bits per heavy atom. The second-order valence-electron chi connectivity index (χ2n) is 4.93. The van der Waals surface area contributed by atoms with Gasteiger partial charge in [-0.2, -0.15) is 5.10 Å². The molecule has 5 heteroatoms. The average molecular weight is 258 g/mol. The highest BCUT2D eigenvalue weighted by Gasteiger charge is 2.30. The number of nitrogens with one attached hydrogen (secondary N) is 2. The van der Waals surface area contributed by atoms with Crippen molar-refractivity contribution in [2.45, 2.75) is 19.4 Å². The van der Waals surface area contributed by atoms with E-state index in [1.807, 2.05) is 29.2 Å². The number of carbonyl (C=O) groups is 1. The minimum atomic E-state index is 0.0331. The second-order valence-corrected chi connectivity index (χ2v) is 4.93. The minimum absolute atomic E-state index is 0.0331. The molecule has 1 aliphatic heterocycles. The van der Waals surface area contributed by atoms with Crippen LogP contribution in [0.2, 0.25) is 0 Å². The molecule has 19 heavy (non-hydrogen) atoms. The van der Waals surface area contributed by atoms with Crippen molar-refractivity contribution in [2.75, 3.05) is 19.6 Å². The molecule has 1 aromatic carbocycles. The molecule has 1 fully saturated rings. The summed E-state index contributed by atoms with van der Waals surface area (Å²) in [5.74, 6) is 0.0331. The molecule has 0 unspecified atom stereocenters. The number of aromatic nitrogens is 2. The average Bonchev–Trinajstić information content (AvgIpc) is 2.79. The molecule has 0 atom stereocenters. The molecule has 0 radical (unpaired) electrons. The van der Waals surface area contributed by atoms with Crippen LogP contribution in [0.5, 0.6) is 0 Å². The zero-order valence-electron chi connectivity index (χ0n) is 11.0. The van der Waals surface area contributed by atoms with Crippen molar-refractivity contribution in [1.82, 2.24) is 20.4 Å². The number of amides is 1. The minimum Gasteiger partial charge on any atom is -0.332 e. The van der Waals surface area contributed by atoms with Gasteiger partial charge in [-0.25, -0.2) is 0 Å². The third-order valence-corrected chi connectivity index (χ3v) is 3.60. The number of hydrogen-bond acceptors (Lipinski definition) is 3. The lowest BCUT2D eigenvalue weighted by molar-refractivity contribution is 0.0611. The van der Waals surface area contributed by atoms with Crippen molar-refractivity contribution in [2.24, 2.45) is 0 Å². The molecular formula is C14H18N4O. The van der Waals surface area contributed by atoms with E-state index in [0.717, 1.165) is 37.0 Å². The van der Waals surface area contributed by atoms with Crippen LogP contribution in [0.1, 0.15) is 23.8 Å². The van der Waals surface area contributed by atoms with E-state index in [-0.39, 0.29) is 5.91 Å². The number of aromatic amines is 1. The van der Waals surface area contributed by atoms with E-state index >= 15 is 0 Å². The van der Waals surface area contributed by atoms with Crippen LogP contribution in [0.25, 0.3) is 10.9 Å². The van der Waals surface area contributed by atoms with Crippen molar-refractivity contribution in [1.29, 1.82) is 0 Å². The molecule has 2 heterocycles. The van der Waals surface area contributed by atoms with Gasteiger partial charge in [-0.15, -0.1) is 0 Å². The van der Waals surface area contributed by atoms with E-state index in [1.165, 1.54) is 0 Å². The van der Waals surface area contributed by atoms with Gasteiger partial charge in [0.25, 0.3) is 5.91 Å². The molecule has 2 N–H and O–H groups in total. The van der Waals surface area contributed by atoms with E-state index in [4.69, 9.17) is 0 Å². The van der Waals surface area contributed by atoms with Gasteiger partial charge in [0.05, 0.1) is 11.6 Å². The van der Waals surface area contributed by atoms with Gasteiger partial charge in [-0.05, 0) is 12.5 Å². The topological polar surface area (TPSA) is 61.0 Å². The highest BCUT2D eigenvalue weighted by molar-refractivity contribution is 6.04. The summed E-state index contributed by atoms with van der Waals surface area (Å²) in [6.45, 7) is 4.64. The maximum Gasteiger partial charge on any atom is 0.275 e. The molecule has 100 valence electrons. The summed E-state index contributed by atoms with van der Waals surface area (Å²) in [5, 5.41) is 11.2. The summed E-state index contributed by atoms with van der Waals surface area (Å²) >= 11 is 0. The monoisotopic (exact) mass is 258 g/mol. The van der Waals surface area contributed by atoms with Crippen LogP contribution in [0.4, 0.5) is 0 Å². The van der Waals surface area contributed by atoms with Gasteiger partial charge in [0.15, 0.2) is 5.69 Å². The number of benzene rings is 1. The molecule has 0 saturated carbocycles. The van der Waals surface area contributed by atoms with E-state index in [2.05, 4.69) is 22.4 Å². The lowest BCUT2D eigenvalue weighted by Crippen LogP contribution is -2.59. The van der Waals surface area contributed by atoms with Crippen molar-refractivity contribution >= 4 is 16.8 Å². The smallest absolute Gasteiger partial charge is 0.275 e. The lowest BCUT2D eigenvalue weighted by atomic mass is 10.1. The first-order chi connectivity index (χ1) is 9.31. The Labute approximate surface area is 112 Å². The van der Waals surface area contributed by atoms with Crippen LogP contribution in [0, 0.1) is 0 Å². The zero-order chi connectivity index (χ0) is 13.2. The third kappa shape index (κ3) is 2.10. The van der Waals surface area contributed by atoms with Crippen LogP contribution in [0.3, 0.4) is 0 Å². The summed E-state index contributed by atoms with van der Waals surface area (Å²) in [6, 6.07) is 8.06. The Balaban J connectivity index is 1.92. The summed E-state index contributed by atoms with van der Waals surface area (Å²) < 4.78 is 0. The van der Waals surface area contributed by atoms with Crippen molar-refractivity contribution < 1.29 is 4.79 Å². The number of hydrogen-bond donors (Lipinski definition) is 2. The first-order valence-corrected chi connectivity index (χ1v) is 6.76. The Bertz CT molecular complexity index is 588. The Morgan fingerprint density at radius 2 is 2.21 bits per heavy atom. The maximum atomic E-state index is 12.7. The number of rotatable bonds is 4. The van der Waals surface area contributed by atoms with Crippen LogP contribution < -0.4 is 5.32 Å². The maximum absolute atomic E-state index is 12.7. The first-order valence-electron chi connectivity index (χ1n) is 6.76. The van der Waals surface area contributed by atoms with Gasteiger partial charge in [-0.1, -0.05) is 25.1 Å². The van der Waals surface area contributed by atoms with E-state index in [9.17, 15) is 4.79 Å². The van der Waals surface area contributed by atoms with Gasteiger partial charge in [0, 0.05) is 25.0 Å². The van der Waals surface area contributed by atoms with Gasteiger partial charge >= 0.3 is 0 Å². The predicted molar refractivity (Wildman–Crippen MR) is 74.1 cm³/mol. The normalized spacial score (nSPS) is 15.4. The quantitative estimate of drug-likeness (QED) is 0.871. The van der Waals surface area contributed by atoms with Crippen LogP contribution >= 0.6 is 0 Å². The number of carbonyl (C=O) groups excluding carboxylic acids is 1. The summed E-state index contributed by atoms with van der Waals surface area (Å²) in [4.78, 5) is 14.6. The molecule has 5 nitrogen and oxygen atoms in total. The van der Waals surface area contributed by atoms with Gasteiger partial charge in [0.2, 0.25) is 0 Å². The largest absolute Gasteiger partial charge is 0.332 e. The number of H-pyrrole nitrogens is 1.